The van der Waals surface area contributed by atoms with E-state index in [0.717, 1.165) is 5.69 Å². The van der Waals surface area contributed by atoms with Gasteiger partial charge in [-0.2, -0.15) is 0 Å². The molecule has 0 bridgehead atoms. The standard InChI is InChI=1S/C8H12N2O/c9-7(4-6-11)8-3-1-2-5-10-8/h1-3,5,7,11H,4,6,9H2. The van der Waals surface area contributed by atoms with E-state index in [1.54, 1.807) is 6.20 Å². The van der Waals surface area contributed by atoms with Crippen molar-refractivity contribution in [1.82, 2.24) is 4.98 Å². The Bertz CT molecular complexity index is 201. The molecule has 3 heteroatoms. The summed E-state index contributed by atoms with van der Waals surface area (Å²) in [5, 5.41) is 8.59. The number of pyridine rings is 1. The molecular formula is C8H12N2O. The van der Waals surface area contributed by atoms with Crippen molar-refractivity contribution < 1.29 is 5.11 Å². The lowest BCUT2D eigenvalue weighted by atomic mass is 10.1. The maximum atomic E-state index is 8.59. The van der Waals surface area contributed by atoms with E-state index in [0.29, 0.717) is 6.42 Å². The van der Waals surface area contributed by atoms with E-state index < -0.39 is 0 Å². The van der Waals surface area contributed by atoms with Gasteiger partial charge in [-0.05, 0) is 18.6 Å². The topological polar surface area (TPSA) is 59.1 Å². The highest BCUT2D eigenvalue weighted by atomic mass is 16.3. The highest BCUT2D eigenvalue weighted by molar-refractivity contribution is 5.07. The van der Waals surface area contributed by atoms with Crippen LogP contribution >= 0.6 is 0 Å². The van der Waals surface area contributed by atoms with Gasteiger partial charge in [0.05, 0.1) is 5.69 Å². The molecule has 11 heavy (non-hydrogen) atoms. The number of hydrogen-bond acceptors (Lipinski definition) is 3. The number of aliphatic hydroxyl groups is 1. The van der Waals surface area contributed by atoms with Crippen LogP contribution in [0.25, 0.3) is 0 Å². The summed E-state index contributed by atoms with van der Waals surface area (Å²) in [7, 11) is 0. The predicted molar refractivity (Wildman–Crippen MR) is 42.9 cm³/mol. The molecule has 1 unspecified atom stereocenters. The molecule has 0 aliphatic rings. The Hall–Kier alpha value is -0.930. The Morgan fingerprint density at radius 3 is 2.91 bits per heavy atom. The summed E-state index contributed by atoms with van der Waals surface area (Å²) >= 11 is 0. The van der Waals surface area contributed by atoms with Crippen LogP contribution in [0.5, 0.6) is 0 Å². The Kier molecular flexibility index (Phi) is 3.01. The van der Waals surface area contributed by atoms with E-state index >= 15 is 0 Å². The fraction of sp³-hybridized carbons (Fsp3) is 0.375. The monoisotopic (exact) mass is 152 g/mol. The van der Waals surface area contributed by atoms with Crippen molar-refractivity contribution in [2.24, 2.45) is 5.73 Å². The maximum absolute atomic E-state index is 8.59. The van der Waals surface area contributed by atoms with Crippen molar-refractivity contribution >= 4 is 0 Å². The minimum Gasteiger partial charge on any atom is -0.396 e. The van der Waals surface area contributed by atoms with Gasteiger partial charge in [0, 0.05) is 18.8 Å². The zero-order chi connectivity index (χ0) is 8.10. The molecule has 0 saturated heterocycles. The quantitative estimate of drug-likeness (QED) is 0.661. The molecule has 0 aliphatic heterocycles. The summed E-state index contributed by atoms with van der Waals surface area (Å²) in [4.78, 5) is 4.06. The Balaban J connectivity index is 2.61. The van der Waals surface area contributed by atoms with E-state index in [4.69, 9.17) is 10.8 Å². The molecule has 1 rings (SSSR count). The molecule has 1 heterocycles. The van der Waals surface area contributed by atoms with Crippen LogP contribution in [-0.2, 0) is 0 Å². The van der Waals surface area contributed by atoms with Crippen molar-refractivity contribution in [2.75, 3.05) is 6.61 Å². The van der Waals surface area contributed by atoms with Crippen LogP contribution in [-0.4, -0.2) is 16.7 Å². The third-order valence-electron chi connectivity index (χ3n) is 1.51. The van der Waals surface area contributed by atoms with Gasteiger partial charge in [0.1, 0.15) is 0 Å². The molecule has 0 aromatic carbocycles. The Labute approximate surface area is 65.9 Å². The third kappa shape index (κ3) is 2.29. The first-order chi connectivity index (χ1) is 5.34. The van der Waals surface area contributed by atoms with Gasteiger partial charge >= 0.3 is 0 Å². The van der Waals surface area contributed by atoms with E-state index in [1.807, 2.05) is 18.2 Å². The predicted octanol–water partition coefficient (Wildman–Crippen LogP) is 0.464. The first-order valence-electron chi connectivity index (χ1n) is 3.62. The summed E-state index contributed by atoms with van der Waals surface area (Å²) in [5.41, 5.74) is 6.52. The molecule has 3 N–H and O–H groups in total. The summed E-state index contributed by atoms with van der Waals surface area (Å²) in [6.45, 7) is 0.109. The number of nitrogens with two attached hydrogens (primary N) is 1. The lowest BCUT2D eigenvalue weighted by molar-refractivity contribution is 0.275. The average Bonchev–Trinajstić information content (AvgIpc) is 2.07. The van der Waals surface area contributed by atoms with E-state index in [9.17, 15) is 0 Å². The second-order valence-electron chi connectivity index (χ2n) is 2.37. The van der Waals surface area contributed by atoms with Gasteiger partial charge in [-0.3, -0.25) is 4.98 Å². The zero-order valence-electron chi connectivity index (χ0n) is 6.27. The van der Waals surface area contributed by atoms with Gasteiger partial charge in [0.2, 0.25) is 0 Å². The van der Waals surface area contributed by atoms with Crippen molar-refractivity contribution in [1.29, 1.82) is 0 Å². The average molecular weight is 152 g/mol. The lowest BCUT2D eigenvalue weighted by Gasteiger charge is -2.07. The van der Waals surface area contributed by atoms with Crippen LogP contribution in [0.2, 0.25) is 0 Å². The van der Waals surface area contributed by atoms with E-state index in [1.165, 1.54) is 0 Å². The summed E-state index contributed by atoms with van der Waals surface area (Å²) in [6.07, 6.45) is 2.27. The molecular weight excluding hydrogens is 140 g/mol. The van der Waals surface area contributed by atoms with Gasteiger partial charge in [0.25, 0.3) is 0 Å². The van der Waals surface area contributed by atoms with Crippen LogP contribution in [0.3, 0.4) is 0 Å². The summed E-state index contributed by atoms with van der Waals surface area (Å²) in [5.74, 6) is 0. The first kappa shape index (κ1) is 8.17. The van der Waals surface area contributed by atoms with E-state index in [-0.39, 0.29) is 12.6 Å². The fourth-order valence-corrected chi connectivity index (χ4v) is 0.882. The number of aliphatic hydroxyl groups excluding tert-OH is 1. The second-order valence-corrected chi connectivity index (χ2v) is 2.37. The normalized spacial score (nSPS) is 12.9. The maximum Gasteiger partial charge on any atom is 0.0571 e. The second kappa shape index (κ2) is 4.05. The SMILES string of the molecule is NC(CCO)c1ccccn1. The molecule has 0 fully saturated rings. The number of rotatable bonds is 3. The van der Waals surface area contributed by atoms with Crippen LogP contribution < -0.4 is 5.73 Å². The van der Waals surface area contributed by atoms with Crippen molar-refractivity contribution in [2.45, 2.75) is 12.5 Å². The number of hydrogen-bond donors (Lipinski definition) is 2. The van der Waals surface area contributed by atoms with Crippen LogP contribution in [0, 0.1) is 0 Å². The summed E-state index contributed by atoms with van der Waals surface area (Å²) in [6, 6.07) is 5.45. The van der Waals surface area contributed by atoms with Crippen molar-refractivity contribution in [3.8, 4) is 0 Å². The molecule has 1 aromatic heterocycles. The Morgan fingerprint density at radius 1 is 1.55 bits per heavy atom. The lowest BCUT2D eigenvalue weighted by Crippen LogP contribution is -2.13. The smallest absolute Gasteiger partial charge is 0.0571 e. The molecule has 60 valence electrons. The fourth-order valence-electron chi connectivity index (χ4n) is 0.882. The highest BCUT2D eigenvalue weighted by Gasteiger charge is 2.03. The van der Waals surface area contributed by atoms with Crippen LogP contribution in [0.4, 0.5) is 0 Å². The largest absolute Gasteiger partial charge is 0.396 e. The molecule has 3 nitrogen and oxygen atoms in total. The molecule has 0 saturated carbocycles. The molecule has 0 amide bonds. The molecule has 1 atom stereocenters. The first-order valence-corrected chi connectivity index (χ1v) is 3.62. The third-order valence-corrected chi connectivity index (χ3v) is 1.51. The van der Waals surface area contributed by atoms with Gasteiger partial charge in [-0.1, -0.05) is 6.07 Å². The molecule has 0 radical (unpaired) electrons. The zero-order valence-corrected chi connectivity index (χ0v) is 6.27. The van der Waals surface area contributed by atoms with Crippen LogP contribution in [0.1, 0.15) is 18.2 Å². The molecule has 0 aliphatic carbocycles. The number of nitrogens with zero attached hydrogens (tertiary/aromatic N) is 1. The Morgan fingerprint density at radius 2 is 2.36 bits per heavy atom. The number of aromatic nitrogens is 1. The summed E-state index contributed by atoms with van der Waals surface area (Å²) < 4.78 is 0. The van der Waals surface area contributed by atoms with E-state index in [2.05, 4.69) is 4.98 Å². The van der Waals surface area contributed by atoms with Crippen LogP contribution in [0.15, 0.2) is 24.4 Å². The van der Waals surface area contributed by atoms with Crippen molar-refractivity contribution in [3.63, 3.8) is 0 Å². The van der Waals surface area contributed by atoms with Gasteiger partial charge < -0.3 is 10.8 Å². The van der Waals surface area contributed by atoms with Crippen molar-refractivity contribution in [3.05, 3.63) is 30.1 Å². The van der Waals surface area contributed by atoms with Gasteiger partial charge in [-0.15, -0.1) is 0 Å². The van der Waals surface area contributed by atoms with Gasteiger partial charge in [0.15, 0.2) is 0 Å². The molecule has 0 spiro atoms. The van der Waals surface area contributed by atoms with Gasteiger partial charge in [-0.25, -0.2) is 0 Å². The minimum atomic E-state index is -0.138. The molecule has 1 aromatic rings. The highest BCUT2D eigenvalue weighted by Crippen LogP contribution is 2.08. The minimum absolute atomic E-state index is 0.109.